The van der Waals surface area contributed by atoms with E-state index in [0.29, 0.717) is 15.6 Å². The summed E-state index contributed by atoms with van der Waals surface area (Å²) in [5.74, 6) is -1.20. The first-order valence-corrected chi connectivity index (χ1v) is 10.5. The summed E-state index contributed by atoms with van der Waals surface area (Å²) in [4.78, 5) is 12.8. The standard InChI is InChI=1S/C17H12Cl2FNO3S2/c1-10-21(26(23,24)13-5-3-12(20)4-6-13)17(22)16(25-10)9-11-2-7-14(18)15(19)8-11/h2-10H,1H3/b16-9+. The van der Waals surface area contributed by atoms with E-state index in [1.807, 2.05) is 0 Å². The van der Waals surface area contributed by atoms with Crippen LogP contribution >= 0.6 is 35.0 Å². The second-order valence-corrected chi connectivity index (χ2v) is 9.45. The maximum Gasteiger partial charge on any atom is 0.275 e. The largest absolute Gasteiger partial charge is 0.275 e. The highest BCUT2D eigenvalue weighted by molar-refractivity contribution is 8.06. The van der Waals surface area contributed by atoms with Crippen molar-refractivity contribution in [3.63, 3.8) is 0 Å². The first-order valence-electron chi connectivity index (χ1n) is 7.38. The lowest BCUT2D eigenvalue weighted by atomic mass is 10.2. The number of nitrogens with zero attached hydrogens (tertiary/aromatic N) is 1. The van der Waals surface area contributed by atoms with Gasteiger partial charge in [-0.3, -0.25) is 4.79 Å². The van der Waals surface area contributed by atoms with Crippen LogP contribution in [0.4, 0.5) is 4.39 Å². The molecular formula is C17H12Cl2FNO3S2. The molecule has 1 aliphatic rings. The van der Waals surface area contributed by atoms with Gasteiger partial charge in [0.2, 0.25) is 0 Å². The average Bonchev–Trinajstić information content (AvgIpc) is 2.85. The van der Waals surface area contributed by atoms with Gasteiger partial charge in [0.15, 0.2) is 0 Å². The minimum absolute atomic E-state index is 0.143. The van der Waals surface area contributed by atoms with Gasteiger partial charge in [0.25, 0.3) is 15.9 Å². The van der Waals surface area contributed by atoms with Gasteiger partial charge in [0.1, 0.15) is 5.82 Å². The molecule has 2 aromatic rings. The van der Waals surface area contributed by atoms with Crippen molar-refractivity contribution in [1.29, 1.82) is 0 Å². The Labute approximate surface area is 164 Å². The highest BCUT2D eigenvalue weighted by Gasteiger charge is 2.42. The second-order valence-electron chi connectivity index (χ2n) is 5.46. The van der Waals surface area contributed by atoms with Crippen LogP contribution in [0.5, 0.6) is 0 Å². The fourth-order valence-corrected chi connectivity index (χ4v) is 5.64. The summed E-state index contributed by atoms with van der Waals surface area (Å²) < 4.78 is 39.4. The summed E-state index contributed by atoms with van der Waals surface area (Å²) in [6.07, 6.45) is 1.56. The van der Waals surface area contributed by atoms with Crippen LogP contribution in [0.15, 0.2) is 52.3 Å². The Bertz CT molecular complexity index is 1010. The third kappa shape index (κ3) is 3.62. The lowest BCUT2D eigenvalue weighted by Gasteiger charge is -2.19. The molecule has 1 amide bonds. The molecule has 26 heavy (non-hydrogen) atoms. The van der Waals surface area contributed by atoms with Crippen LogP contribution in [0.25, 0.3) is 6.08 Å². The molecule has 1 aliphatic heterocycles. The summed E-state index contributed by atoms with van der Waals surface area (Å²) in [6, 6.07) is 9.21. The molecule has 1 fully saturated rings. The van der Waals surface area contributed by atoms with E-state index in [1.54, 1.807) is 31.2 Å². The molecule has 0 N–H and O–H groups in total. The highest BCUT2D eigenvalue weighted by Crippen LogP contribution is 2.39. The van der Waals surface area contributed by atoms with Gasteiger partial charge in [-0.15, -0.1) is 0 Å². The van der Waals surface area contributed by atoms with Crippen molar-refractivity contribution in [2.24, 2.45) is 0 Å². The molecular weight excluding hydrogens is 420 g/mol. The molecule has 0 saturated carbocycles. The summed E-state index contributed by atoms with van der Waals surface area (Å²) in [7, 11) is -4.09. The maximum atomic E-state index is 13.1. The van der Waals surface area contributed by atoms with Crippen molar-refractivity contribution in [1.82, 2.24) is 4.31 Å². The summed E-state index contributed by atoms with van der Waals surface area (Å²) in [5.41, 5.74) is 0.628. The molecule has 136 valence electrons. The SMILES string of the molecule is CC1S/C(=C/c2ccc(Cl)c(Cl)c2)C(=O)N1S(=O)(=O)c1ccc(F)cc1. The molecule has 0 spiro atoms. The number of thioether (sulfide) groups is 1. The highest BCUT2D eigenvalue weighted by atomic mass is 35.5. The monoisotopic (exact) mass is 431 g/mol. The minimum Gasteiger partial charge on any atom is -0.267 e. The van der Waals surface area contributed by atoms with E-state index in [-0.39, 0.29) is 9.80 Å². The molecule has 0 aromatic heterocycles. The fourth-order valence-electron chi connectivity index (χ4n) is 2.43. The predicted octanol–water partition coefficient (Wildman–Crippen LogP) is 4.78. The Balaban J connectivity index is 1.96. The summed E-state index contributed by atoms with van der Waals surface area (Å²) in [6.45, 7) is 1.61. The van der Waals surface area contributed by atoms with Gasteiger partial charge < -0.3 is 0 Å². The van der Waals surface area contributed by atoms with Crippen molar-refractivity contribution in [2.45, 2.75) is 17.2 Å². The number of amides is 1. The molecule has 9 heteroatoms. The van der Waals surface area contributed by atoms with Crippen LogP contribution in [0.1, 0.15) is 12.5 Å². The molecule has 0 bridgehead atoms. The third-order valence-electron chi connectivity index (χ3n) is 3.65. The topological polar surface area (TPSA) is 54.5 Å². The smallest absolute Gasteiger partial charge is 0.267 e. The Kier molecular flexibility index (Phi) is 5.35. The third-order valence-corrected chi connectivity index (χ3v) is 7.49. The quantitative estimate of drug-likeness (QED) is 0.655. The van der Waals surface area contributed by atoms with Crippen LogP contribution in [0.3, 0.4) is 0 Å². The predicted molar refractivity (Wildman–Crippen MR) is 102 cm³/mol. The van der Waals surface area contributed by atoms with Crippen LogP contribution in [-0.2, 0) is 14.8 Å². The number of carbonyl (C=O) groups is 1. The molecule has 1 heterocycles. The summed E-state index contributed by atoms with van der Waals surface area (Å²) in [5, 5.41) is 0.0833. The van der Waals surface area contributed by atoms with Gasteiger partial charge in [0.05, 0.1) is 25.2 Å². The Morgan fingerprint density at radius 1 is 1.12 bits per heavy atom. The second kappa shape index (κ2) is 7.23. The number of carbonyl (C=O) groups excluding carboxylic acids is 1. The van der Waals surface area contributed by atoms with Crippen molar-refractivity contribution in [3.8, 4) is 0 Å². The van der Waals surface area contributed by atoms with Crippen LogP contribution in [0.2, 0.25) is 10.0 Å². The Hall–Kier alpha value is -1.54. The fraction of sp³-hybridized carbons (Fsp3) is 0.118. The Morgan fingerprint density at radius 3 is 2.38 bits per heavy atom. The van der Waals surface area contributed by atoms with Crippen molar-refractivity contribution < 1.29 is 17.6 Å². The van der Waals surface area contributed by atoms with Crippen LogP contribution < -0.4 is 0 Å². The molecule has 3 rings (SSSR count). The van der Waals surface area contributed by atoms with E-state index in [0.717, 1.165) is 40.3 Å². The number of sulfonamides is 1. The van der Waals surface area contributed by atoms with Gasteiger partial charge >= 0.3 is 0 Å². The minimum atomic E-state index is -4.09. The van der Waals surface area contributed by atoms with E-state index in [9.17, 15) is 17.6 Å². The van der Waals surface area contributed by atoms with Gasteiger partial charge in [0, 0.05) is 0 Å². The number of hydrogen-bond acceptors (Lipinski definition) is 4. The van der Waals surface area contributed by atoms with Crippen LogP contribution in [0, 0.1) is 5.82 Å². The zero-order valence-corrected chi connectivity index (χ0v) is 16.5. The number of benzene rings is 2. The molecule has 1 saturated heterocycles. The van der Waals surface area contributed by atoms with Crippen molar-refractivity contribution in [2.75, 3.05) is 0 Å². The van der Waals surface area contributed by atoms with Gasteiger partial charge in [-0.25, -0.2) is 17.1 Å². The number of halogens is 3. The van der Waals surface area contributed by atoms with E-state index < -0.39 is 27.1 Å². The zero-order valence-electron chi connectivity index (χ0n) is 13.3. The normalized spacial score (nSPS) is 19.4. The first kappa shape index (κ1) is 19.2. The van der Waals surface area contributed by atoms with E-state index in [1.165, 1.54) is 0 Å². The number of hydrogen-bond donors (Lipinski definition) is 0. The number of rotatable bonds is 3. The molecule has 1 atom stereocenters. The van der Waals surface area contributed by atoms with E-state index in [4.69, 9.17) is 23.2 Å². The molecule has 1 unspecified atom stereocenters. The molecule has 0 aliphatic carbocycles. The van der Waals surface area contributed by atoms with E-state index >= 15 is 0 Å². The van der Waals surface area contributed by atoms with Gasteiger partial charge in [-0.1, -0.05) is 41.0 Å². The Morgan fingerprint density at radius 2 is 1.77 bits per heavy atom. The molecule has 2 aromatic carbocycles. The average molecular weight is 432 g/mol. The van der Waals surface area contributed by atoms with Gasteiger partial charge in [-0.2, -0.15) is 0 Å². The zero-order chi connectivity index (χ0) is 19.1. The maximum absolute atomic E-state index is 13.1. The van der Waals surface area contributed by atoms with Crippen molar-refractivity contribution >= 4 is 57.0 Å². The lowest BCUT2D eigenvalue weighted by molar-refractivity contribution is -0.121. The molecule has 4 nitrogen and oxygen atoms in total. The van der Waals surface area contributed by atoms with Crippen molar-refractivity contribution in [3.05, 3.63) is 68.8 Å². The first-order chi connectivity index (χ1) is 12.2. The summed E-state index contributed by atoms with van der Waals surface area (Å²) >= 11 is 13.0. The van der Waals surface area contributed by atoms with Crippen LogP contribution in [-0.4, -0.2) is 24.0 Å². The van der Waals surface area contributed by atoms with Gasteiger partial charge in [-0.05, 0) is 55.0 Å². The molecule has 0 radical (unpaired) electrons. The lowest BCUT2D eigenvalue weighted by Crippen LogP contribution is -2.36. The van der Waals surface area contributed by atoms with E-state index in [2.05, 4.69) is 0 Å².